The standard InChI is InChI=1S/C23H31NO/c1-15(2)19-13-20(16(3)4)23(21(14-19)17(5)6)24-22(25)12-18-10-8-7-9-11-18/h7-11,13-17H,12H2,1-6H3,(H,24,25). The Morgan fingerprint density at radius 2 is 1.36 bits per heavy atom. The minimum atomic E-state index is 0.0484. The molecule has 0 unspecified atom stereocenters. The van der Waals surface area contributed by atoms with Gasteiger partial charge in [0.05, 0.1) is 6.42 Å². The number of amides is 1. The second-order valence-corrected chi connectivity index (χ2v) is 7.75. The number of carbonyl (C=O) groups excluding carboxylic acids is 1. The molecule has 0 aliphatic carbocycles. The highest BCUT2D eigenvalue weighted by molar-refractivity contribution is 5.94. The molecular formula is C23H31NO. The molecule has 0 spiro atoms. The molecule has 0 fully saturated rings. The second kappa shape index (κ2) is 8.33. The smallest absolute Gasteiger partial charge is 0.228 e. The third kappa shape index (κ3) is 4.94. The van der Waals surface area contributed by atoms with Gasteiger partial charge in [0.1, 0.15) is 0 Å². The van der Waals surface area contributed by atoms with Gasteiger partial charge >= 0.3 is 0 Å². The molecule has 0 saturated carbocycles. The minimum absolute atomic E-state index is 0.0484. The van der Waals surface area contributed by atoms with Gasteiger partial charge in [-0.1, -0.05) is 84.0 Å². The van der Waals surface area contributed by atoms with E-state index in [1.807, 2.05) is 30.3 Å². The Kier molecular flexibility index (Phi) is 6.41. The zero-order valence-corrected chi connectivity index (χ0v) is 16.4. The fourth-order valence-electron chi connectivity index (χ4n) is 3.07. The van der Waals surface area contributed by atoms with E-state index in [0.717, 1.165) is 11.3 Å². The summed E-state index contributed by atoms with van der Waals surface area (Å²) in [6.45, 7) is 13.2. The Labute approximate surface area is 152 Å². The number of nitrogens with one attached hydrogen (secondary N) is 1. The lowest BCUT2D eigenvalue weighted by Crippen LogP contribution is -2.18. The van der Waals surface area contributed by atoms with Crippen LogP contribution in [-0.2, 0) is 11.2 Å². The first-order chi connectivity index (χ1) is 11.8. The molecular weight excluding hydrogens is 306 g/mol. The van der Waals surface area contributed by atoms with E-state index in [0.29, 0.717) is 24.2 Å². The molecule has 0 heterocycles. The molecule has 0 aliphatic rings. The van der Waals surface area contributed by atoms with Crippen LogP contribution >= 0.6 is 0 Å². The van der Waals surface area contributed by atoms with Crippen LogP contribution in [0.5, 0.6) is 0 Å². The third-order valence-electron chi connectivity index (χ3n) is 4.60. The number of benzene rings is 2. The number of hydrogen-bond acceptors (Lipinski definition) is 1. The Bertz CT molecular complexity index is 685. The summed E-state index contributed by atoms with van der Waals surface area (Å²) in [6, 6.07) is 14.4. The van der Waals surface area contributed by atoms with Gasteiger partial charge < -0.3 is 5.32 Å². The first kappa shape index (κ1) is 19.2. The van der Waals surface area contributed by atoms with Gasteiger partial charge in [0.25, 0.3) is 0 Å². The van der Waals surface area contributed by atoms with Gasteiger partial charge in [-0.25, -0.2) is 0 Å². The van der Waals surface area contributed by atoms with Crippen LogP contribution in [0.25, 0.3) is 0 Å². The summed E-state index contributed by atoms with van der Waals surface area (Å²) in [7, 11) is 0. The highest BCUT2D eigenvalue weighted by atomic mass is 16.1. The molecule has 2 aromatic rings. The molecule has 0 atom stereocenters. The molecule has 0 radical (unpaired) electrons. The van der Waals surface area contributed by atoms with Gasteiger partial charge in [0, 0.05) is 5.69 Å². The maximum Gasteiger partial charge on any atom is 0.228 e. The molecule has 0 aromatic heterocycles. The Morgan fingerprint density at radius 3 is 1.80 bits per heavy atom. The van der Waals surface area contributed by atoms with Gasteiger partial charge in [-0.3, -0.25) is 4.79 Å². The summed E-state index contributed by atoms with van der Waals surface area (Å²) in [6.07, 6.45) is 0.405. The fourth-order valence-corrected chi connectivity index (χ4v) is 3.07. The van der Waals surface area contributed by atoms with E-state index in [1.165, 1.54) is 16.7 Å². The summed E-state index contributed by atoms with van der Waals surface area (Å²) in [5.41, 5.74) is 5.85. The third-order valence-corrected chi connectivity index (χ3v) is 4.60. The molecule has 2 heteroatoms. The SMILES string of the molecule is CC(C)c1cc(C(C)C)c(NC(=O)Cc2ccccc2)c(C(C)C)c1. The van der Waals surface area contributed by atoms with E-state index in [-0.39, 0.29) is 5.91 Å². The molecule has 1 amide bonds. The van der Waals surface area contributed by atoms with Crippen LogP contribution in [0.2, 0.25) is 0 Å². The normalized spacial score (nSPS) is 11.4. The van der Waals surface area contributed by atoms with Crippen molar-refractivity contribution in [3.63, 3.8) is 0 Å². The zero-order chi connectivity index (χ0) is 18.6. The van der Waals surface area contributed by atoms with E-state index < -0.39 is 0 Å². The summed E-state index contributed by atoms with van der Waals surface area (Å²) in [5, 5.41) is 3.22. The van der Waals surface area contributed by atoms with E-state index in [1.54, 1.807) is 0 Å². The molecule has 0 bridgehead atoms. The van der Waals surface area contributed by atoms with Crippen molar-refractivity contribution in [2.75, 3.05) is 5.32 Å². The summed E-state index contributed by atoms with van der Waals surface area (Å²) in [4.78, 5) is 12.6. The zero-order valence-electron chi connectivity index (χ0n) is 16.4. The Balaban J connectivity index is 2.39. The summed E-state index contributed by atoms with van der Waals surface area (Å²) in [5.74, 6) is 1.25. The lowest BCUT2D eigenvalue weighted by atomic mass is 9.87. The van der Waals surface area contributed by atoms with Crippen LogP contribution in [0.3, 0.4) is 0 Å². The van der Waals surface area contributed by atoms with E-state index in [4.69, 9.17) is 0 Å². The summed E-state index contributed by atoms with van der Waals surface area (Å²) < 4.78 is 0. The van der Waals surface area contributed by atoms with E-state index >= 15 is 0 Å². The largest absolute Gasteiger partial charge is 0.325 e. The first-order valence-electron chi connectivity index (χ1n) is 9.31. The molecule has 2 nitrogen and oxygen atoms in total. The molecule has 2 aromatic carbocycles. The van der Waals surface area contributed by atoms with Crippen molar-refractivity contribution in [2.45, 2.75) is 65.7 Å². The lowest BCUT2D eigenvalue weighted by molar-refractivity contribution is -0.115. The fraction of sp³-hybridized carbons (Fsp3) is 0.435. The van der Waals surface area contributed by atoms with Crippen molar-refractivity contribution >= 4 is 11.6 Å². The quantitative estimate of drug-likeness (QED) is 0.664. The van der Waals surface area contributed by atoms with Crippen molar-refractivity contribution in [3.05, 3.63) is 64.7 Å². The average molecular weight is 338 g/mol. The molecule has 0 aliphatic heterocycles. The predicted octanol–water partition coefficient (Wildman–Crippen LogP) is 6.24. The van der Waals surface area contributed by atoms with Crippen LogP contribution in [0.1, 0.15) is 81.5 Å². The second-order valence-electron chi connectivity index (χ2n) is 7.75. The highest BCUT2D eigenvalue weighted by Crippen LogP contribution is 2.36. The average Bonchev–Trinajstić information content (AvgIpc) is 2.54. The lowest BCUT2D eigenvalue weighted by Gasteiger charge is -2.23. The van der Waals surface area contributed by atoms with Crippen LogP contribution in [0.15, 0.2) is 42.5 Å². The number of anilines is 1. The molecule has 2 rings (SSSR count). The Morgan fingerprint density at radius 1 is 0.840 bits per heavy atom. The van der Waals surface area contributed by atoms with Crippen molar-refractivity contribution in [3.8, 4) is 0 Å². The van der Waals surface area contributed by atoms with Crippen LogP contribution < -0.4 is 5.32 Å². The van der Waals surface area contributed by atoms with Gasteiger partial charge in [-0.15, -0.1) is 0 Å². The topological polar surface area (TPSA) is 29.1 Å². The van der Waals surface area contributed by atoms with Crippen molar-refractivity contribution in [1.82, 2.24) is 0 Å². The first-order valence-corrected chi connectivity index (χ1v) is 9.31. The van der Waals surface area contributed by atoms with Crippen LogP contribution in [0.4, 0.5) is 5.69 Å². The monoisotopic (exact) mass is 337 g/mol. The van der Waals surface area contributed by atoms with Gasteiger partial charge in [0.2, 0.25) is 5.91 Å². The number of rotatable bonds is 6. The van der Waals surface area contributed by atoms with Gasteiger partial charge in [0.15, 0.2) is 0 Å². The van der Waals surface area contributed by atoms with Gasteiger partial charge in [-0.2, -0.15) is 0 Å². The minimum Gasteiger partial charge on any atom is -0.325 e. The van der Waals surface area contributed by atoms with Crippen LogP contribution in [0, 0.1) is 0 Å². The van der Waals surface area contributed by atoms with Crippen LogP contribution in [-0.4, -0.2) is 5.91 Å². The molecule has 134 valence electrons. The molecule has 0 saturated heterocycles. The van der Waals surface area contributed by atoms with Crippen molar-refractivity contribution < 1.29 is 4.79 Å². The van der Waals surface area contributed by atoms with Crippen molar-refractivity contribution in [2.24, 2.45) is 0 Å². The number of carbonyl (C=O) groups is 1. The molecule has 1 N–H and O–H groups in total. The number of hydrogen-bond donors (Lipinski definition) is 1. The maximum atomic E-state index is 12.6. The van der Waals surface area contributed by atoms with E-state index in [9.17, 15) is 4.79 Å². The Hall–Kier alpha value is -2.09. The van der Waals surface area contributed by atoms with E-state index in [2.05, 4.69) is 59.0 Å². The molecule has 25 heavy (non-hydrogen) atoms. The van der Waals surface area contributed by atoms with Crippen molar-refractivity contribution in [1.29, 1.82) is 0 Å². The maximum absolute atomic E-state index is 12.6. The summed E-state index contributed by atoms with van der Waals surface area (Å²) >= 11 is 0. The predicted molar refractivity (Wildman–Crippen MR) is 107 cm³/mol. The highest BCUT2D eigenvalue weighted by Gasteiger charge is 2.19. The van der Waals surface area contributed by atoms with Gasteiger partial charge in [-0.05, 0) is 40.0 Å².